The first-order valence-electron chi connectivity index (χ1n) is 7.11. The second-order valence-electron chi connectivity index (χ2n) is 6.35. The Bertz CT molecular complexity index is 389. The van der Waals surface area contributed by atoms with Gasteiger partial charge in [0.1, 0.15) is 0 Å². The van der Waals surface area contributed by atoms with Crippen molar-refractivity contribution in [2.75, 3.05) is 12.3 Å². The molecule has 116 valence electrons. The van der Waals surface area contributed by atoms with Crippen molar-refractivity contribution in [1.82, 2.24) is 5.32 Å². The minimum Gasteiger partial charge on any atom is -0.481 e. The summed E-state index contributed by atoms with van der Waals surface area (Å²) in [7, 11) is -0.982. The van der Waals surface area contributed by atoms with Gasteiger partial charge < -0.3 is 10.4 Å². The summed E-state index contributed by atoms with van der Waals surface area (Å²) in [6, 6.07) is 0. The lowest BCUT2D eigenvalue weighted by Crippen LogP contribution is -2.38. The first kappa shape index (κ1) is 17.1. The second-order valence-corrected chi connectivity index (χ2v) is 8.68. The third-order valence-corrected chi connectivity index (χ3v) is 5.60. The van der Waals surface area contributed by atoms with Gasteiger partial charge in [-0.2, -0.15) is 0 Å². The summed E-state index contributed by atoms with van der Waals surface area (Å²) in [4.78, 5) is 23.0. The summed E-state index contributed by atoms with van der Waals surface area (Å²) >= 11 is 0. The van der Waals surface area contributed by atoms with E-state index < -0.39 is 22.7 Å². The van der Waals surface area contributed by atoms with Gasteiger partial charge in [-0.1, -0.05) is 6.42 Å². The Morgan fingerprint density at radius 1 is 1.25 bits per heavy atom. The van der Waals surface area contributed by atoms with Gasteiger partial charge in [0.05, 0.1) is 5.92 Å². The standard InChI is InChI=1S/C14H25NO4S/c1-14(2,3)20(19)8-7-15-12(16)10-5-4-6-11(9-10)13(17)18/h10-11H,4-9H2,1-3H3,(H,15,16)(H,17,18). The number of carbonyl (C=O) groups is 2. The van der Waals surface area contributed by atoms with Gasteiger partial charge in [-0.3, -0.25) is 13.8 Å². The number of amides is 1. The largest absolute Gasteiger partial charge is 0.481 e. The lowest BCUT2D eigenvalue weighted by atomic mass is 9.81. The van der Waals surface area contributed by atoms with E-state index in [1.807, 2.05) is 20.8 Å². The van der Waals surface area contributed by atoms with E-state index in [4.69, 9.17) is 5.11 Å². The quantitative estimate of drug-likeness (QED) is 0.807. The van der Waals surface area contributed by atoms with Gasteiger partial charge in [-0.05, 0) is 40.0 Å². The summed E-state index contributed by atoms with van der Waals surface area (Å²) < 4.78 is 11.6. The van der Waals surface area contributed by atoms with E-state index in [-0.39, 0.29) is 16.6 Å². The Morgan fingerprint density at radius 2 is 1.85 bits per heavy atom. The van der Waals surface area contributed by atoms with Gasteiger partial charge in [-0.25, -0.2) is 0 Å². The molecule has 0 aliphatic heterocycles. The highest BCUT2D eigenvalue weighted by atomic mass is 32.2. The van der Waals surface area contributed by atoms with Crippen LogP contribution in [0.3, 0.4) is 0 Å². The van der Waals surface area contributed by atoms with Gasteiger partial charge in [0, 0.05) is 33.8 Å². The molecule has 0 saturated heterocycles. The van der Waals surface area contributed by atoms with E-state index in [9.17, 15) is 13.8 Å². The maximum absolute atomic E-state index is 12.0. The molecular formula is C14H25NO4S. The molecule has 20 heavy (non-hydrogen) atoms. The highest BCUT2D eigenvalue weighted by Gasteiger charge is 2.31. The van der Waals surface area contributed by atoms with Crippen LogP contribution in [0.5, 0.6) is 0 Å². The Hall–Kier alpha value is -0.910. The molecule has 3 atom stereocenters. The van der Waals surface area contributed by atoms with Crippen LogP contribution < -0.4 is 5.32 Å². The van der Waals surface area contributed by atoms with Gasteiger partial charge in [-0.15, -0.1) is 0 Å². The molecule has 0 radical (unpaired) electrons. The maximum atomic E-state index is 12.0. The van der Waals surface area contributed by atoms with Crippen molar-refractivity contribution >= 4 is 22.7 Å². The molecular weight excluding hydrogens is 278 g/mol. The summed E-state index contributed by atoms with van der Waals surface area (Å²) in [5.74, 6) is -1.08. The average molecular weight is 303 g/mol. The first-order valence-corrected chi connectivity index (χ1v) is 8.42. The molecule has 0 bridgehead atoms. The third kappa shape index (κ3) is 5.23. The van der Waals surface area contributed by atoms with E-state index in [1.54, 1.807) is 0 Å². The second kappa shape index (κ2) is 7.20. The predicted molar refractivity (Wildman–Crippen MR) is 78.9 cm³/mol. The minimum atomic E-state index is -0.982. The molecule has 0 spiro atoms. The van der Waals surface area contributed by atoms with Crippen LogP contribution in [0.15, 0.2) is 0 Å². The summed E-state index contributed by atoms with van der Waals surface area (Å²) in [5.41, 5.74) is 0. The average Bonchev–Trinajstić information content (AvgIpc) is 2.37. The Kier molecular flexibility index (Phi) is 6.17. The molecule has 1 amide bonds. The molecule has 2 N–H and O–H groups in total. The Morgan fingerprint density at radius 3 is 2.40 bits per heavy atom. The molecule has 1 fully saturated rings. The zero-order chi connectivity index (χ0) is 15.3. The van der Waals surface area contributed by atoms with Crippen LogP contribution in [0.2, 0.25) is 0 Å². The fourth-order valence-electron chi connectivity index (χ4n) is 2.37. The fraction of sp³-hybridized carbons (Fsp3) is 0.857. The Balaban J connectivity index is 2.36. The number of carboxylic acid groups (broad SMARTS) is 1. The molecule has 3 unspecified atom stereocenters. The number of carbonyl (C=O) groups excluding carboxylic acids is 1. The maximum Gasteiger partial charge on any atom is 0.306 e. The van der Waals surface area contributed by atoms with E-state index in [0.717, 1.165) is 12.8 Å². The van der Waals surface area contributed by atoms with Crippen LogP contribution in [0, 0.1) is 11.8 Å². The van der Waals surface area contributed by atoms with Crippen LogP contribution in [0.4, 0.5) is 0 Å². The SMILES string of the molecule is CC(C)(C)S(=O)CCNC(=O)C1CCCC(C(=O)O)C1. The summed E-state index contributed by atoms with van der Waals surface area (Å²) in [5, 5.41) is 11.8. The van der Waals surface area contributed by atoms with E-state index in [0.29, 0.717) is 25.1 Å². The topological polar surface area (TPSA) is 83.5 Å². The molecule has 0 aromatic carbocycles. The zero-order valence-electron chi connectivity index (χ0n) is 12.5. The fourth-order valence-corrected chi connectivity index (χ4v) is 3.27. The van der Waals surface area contributed by atoms with Gasteiger partial charge >= 0.3 is 5.97 Å². The highest BCUT2D eigenvalue weighted by molar-refractivity contribution is 7.86. The van der Waals surface area contributed by atoms with Crippen molar-refractivity contribution in [3.63, 3.8) is 0 Å². The number of aliphatic carboxylic acids is 1. The molecule has 1 aliphatic rings. The van der Waals surface area contributed by atoms with Gasteiger partial charge in [0.2, 0.25) is 5.91 Å². The summed E-state index contributed by atoms with van der Waals surface area (Å²) in [6.07, 6.45) is 2.61. The minimum absolute atomic E-state index is 0.0955. The van der Waals surface area contributed by atoms with Crippen LogP contribution in [0.25, 0.3) is 0 Å². The van der Waals surface area contributed by atoms with Crippen molar-refractivity contribution in [3.8, 4) is 0 Å². The number of carboxylic acids is 1. The van der Waals surface area contributed by atoms with Crippen molar-refractivity contribution in [1.29, 1.82) is 0 Å². The molecule has 1 saturated carbocycles. The first-order chi connectivity index (χ1) is 9.21. The Labute approximate surface area is 123 Å². The van der Waals surface area contributed by atoms with Crippen molar-refractivity contribution in [2.45, 2.75) is 51.2 Å². The monoisotopic (exact) mass is 303 g/mol. The molecule has 1 rings (SSSR count). The van der Waals surface area contributed by atoms with Crippen molar-refractivity contribution in [3.05, 3.63) is 0 Å². The lowest BCUT2D eigenvalue weighted by molar-refractivity contribution is -0.144. The van der Waals surface area contributed by atoms with Gasteiger partial charge in [0.15, 0.2) is 0 Å². The number of nitrogens with one attached hydrogen (secondary N) is 1. The molecule has 5 nitrogen and oxygen atoms in total. The smallest absolute Gasteiger partial charge is 0.306 e. The molecule has 6 heteroatoms. The van der Waals surface area contributed by atoms with Gasteiger partial charge in [0.25, 0.3) is 0 Å². The number of hydrogen-bond acceptors (Lipinski definition) is 3. The van der Waals surface area contributed by atoms with Crippen molar-refractivity contribution in [2.24, 2.45) is 11.8 Å². The summed E-state index contributed by atoms with van der Waals surface area (Å²) in [6.45, 7) is 6.10. The van der Waals surface area contributed by atoms with E-state index >= 15 is 0 Å². The predicted octanol–water partition coefficient (Wildman–Crippen LogP) is 1.54. The zero-order valence-corrected chi connectivity index (χ0v) is 13.3. The third-order valence-electron chi connectivity index (χ3n) is 3.66. The lowest BCUT2D eigenvalue weighted by Gasteiger charge is -2.26. The van der Waals surface area contributed by atoms with E-state index in [2.05, 4.69) is 5.32 Å². The number of hydrogen-bond donors (Lipinski definition) is 2. The normalized spacial score (nSPS) is 24.9. The molecule has 1 aliphatic carbocycles. The number of rotatable bonds is 5. The van der Waals surface area contributed by atoms with Crippen molar-refractivity contribution < 1.29 is 18.9 Å². The highest BCUT2D eigenvalue weighted by Crippen LogP contribution is 2.29. The molecule has 0 aromatic heterocycles. The van der Waals surface area contributed by atoms with Crippen LogP contribution in [-0.4, -0.2) is 38.2 Å². The molecule has 0 aromatic rings. The van der Waals surface area contributed by atoms with E-state index in [1.165, 1.54) is 0 Å². The van der Waals surface area contributed by atoms with Crippen LogP contribution >= 0.6 is 0 Å². The molecule has 0 heterocycles. The van der Waals surface area contributed by atoms with Crippen LogP contribution in [-0.2, 0) is 20.4 Å². The van der Waals surface area contributed by atoms with Crippen LogP contribution in [0.1, 0.15) is 46.5 Å².